The van der Waals surface area contributed by atoms with Gasteiger partial charge in [0, 0.05) is 28.1 Å². The number of nitrogens with one attached hydrogen (secondary N) is 2. The van der Waals surface area contributed by atoms with E-state index in [2.05, 4.69) is 10.6 Å². The number of aromatic nitrogens is 2. The highest BCUT2D eigenvalue weighted by molar-refractivity contribution is 5.99. The van der Waals surface area contributed by atoms with E-state index < -0.39 is 48.1 Å². The summed E-state index contributed by atoms with van der Waals surface area (Å²) in [4.78, 5) is 83.5. The minimum absolute atomic E-state index is 0.00517. The number of carbonyl (C=O) groups excluding carboxylic acids is 5. The van der Waals surface area contributed by atoms with Gasteiger partial charge < -0.3 is 39.9 Å². The van der Waals surface area contributed by atoms with Crippen molar-refractivity contribution in [3.63, 3.8) is 0 Å². The molecule has 2 atom stereocenters. The number of esters is 1. The summed E-state index contributed by atoms with van der Waals surface area (Å²) in [6.07, 6.45) is -2.60. The van der Waals surface area contributed by atoms with Gasteiger partial charge in [-0.2, -0.15) is 0 Å². The van der Waals surface area contributed by atoms with Crippen molar-refractivity contribution in [2.45, 2.75) is 57.1 Å². The first-order valence-electron chi connectivity index (χ1n) is 20.0. The summed E-state index contributed by atoms with van der Waals surface area (Å²) in [5.74, 6) is -2.57. The van der Waals surface area contributed by atoms with Gasteiger partial charge in [0.15, 0.2) is 0 Å². The molecule has 3 aliphatic rings. The van der Waals surface area contributed by atoms with E-state index in [1.807, 2.05) is 78.9 Å². The third kappa shape index (κ3) is 7.16. The summed E-state index contributed by atoms with van der Waals surface area (Å²) in [5.41, 5.74) is 11.2. The topological polar surface area (TPSA) is 207 Å². The first-order chi connectivity index (χ1) is 30.0. The lowest BCUT2D eigenvalue weighted by atomic mass is 9.85. The van der Waals surface area contributed by atoms with Crippen molar-refractivity contribution >= 4 is 46.6 Å². The number of nitrogens with zero attached hydrogens (tertiary/aromatic N) is 2. The SMILES string of the molecule is CC[C@@]1(OC(=O)OCc2ccc(NC(=O)[C@@H](CC(N)=O)NC(=O)OCC3c4ccccc4-c4ccccc43)cc2)C(=O)OCc2c1cc1n(c2=O)Cc2cc3ccccc3nc2-1. The van der Waals surface area contributed by atoms with E-state index in [1.54, 1.807) is 29.7 Å². The molecule has 0 saturated heterocycles. The van der Waals surface area contributed by atoms with Gasteiger partial charge in [-0.05, 0) is 64.6 Å². The summed E-state index contributed by atoms with van der Waals surface area (Å²) in [5, 5.41) is 6.04. The van der Waals surface area contributed by atoms with Crippen molar-refractivity contribution < 1.29 is 42.9 Å². The van der Waals surface area contributed by atoms with Gasteiger partial charge in [-0.1, -0.05) is 85.8 Å². The molecule has 15 heteroatoms. The van der Waals surface area contributed by atoms with E-state index in [4.69, 9.17) is 29.7 Å². The Kier molecular flexibility index (Phi) is 10.2. The van der Waals surface area contributed by atoms with Crippen LogP contribution in [0.1, 0.15) is 59.1 Å². The molecule has 6 aromatic rings. The van der Waals surface area contributed by atoms with E-state index >= 15 is 0 Å². The summed E-state index contributed by atoms with van der Waals surface area (Å²) in [7, 11) is 0. The molecule has 312 valence electrons. The van der Waals surface area contributed by atoms with Crippen LogP contribution in [0.5, 0.6) is 0 Å². The molecule has 2 aliphatic heterocycles. The molecule has 2 aromatic heterocycles. The van der Waals surface area contributed by atoms with Crippen LogP contribution in [0.4, 0.5) is 15.3 Å². The number of alkyl carbamates (subject to hydrolysis) is 1. The van der Waals surface area contributed by atoms with Crippen molar-refractivity contribution in [2.75, 3.05) is 11.9 Å². The normalized spacial score (nSPS) is 16.1. The maximum atomic E-state index is 13.8. The van der Waals surface area contributed by atoms with Gasteiger partial charge in [0.25, 0.3) is 5.56 Å². The predicted molar refractivity (Wildman–Crippen MR) is 224 cm³/mol. The second kappa shape index (κ2) is 16.0. The number of primary amides is 1. The van der Waals surface area contributed by atoms with Gasteiger partial charge in [0.1, 0.15) is 25.9 Å². The van der Waals surface area contributed by atoms with Gasteiger partial charge in [-0.25, -0.2) is 19.4 Å². The quantitative estimate of drug-likeness (QED) is 0.0994. The van der Waals surface area contributed by atoms with Crippen LogP contribution in [0.25, 0.3) is 33.4 Å². The van der Waals surface area contributed by atoms with Crippen LogP contribution in [0.15, 0.2) is 114 Å². The third-order valence-electron chi connectivity index (χ3n) is 11.6. The van der Waals surface area contributed by atoms with Crippen LogP contribution in [0.2, 0.25) is 0 Å². The number of hydrogen-bond acceptors (Lipinski definition) is 11. The van der Waals surface area contributed by atoms with Gasteiger partial charge in [-0.15, -0.1) is 0 Å². The van der Waals surface area contributed by atoms with E-state index in [1.165, 1.54) is 12.1 Å². The minimum Gasteiger partial charge on any atom is -0.457 e. The molecular formula is C47H39N5O10. The van der Waals surface area contributed by atoms with Crippen LogP contribution in [0, 0.1) is 0 Å². The zero-order valence-electron chi connectivity index (χ0n) is 33.3. The largest absolute Gasteiger partial charge is 0.510 e. The number of rotatable bonds is 11. The molecule has 15 nitrogen and oxygen atoms in total. The number of hydrogen-bond donors (Lipinski definition) is 3. The second-order valence-electron chi connectivity index (χ2n) is 15.3. The lowest BCUT2D eigenvalue weighted by molar-refractivity contribution is -0.175. The molecule has 4 aromatic carbocycles. The number of cyclic esters (lactones) is 1. The molecule has 0 bridgehead atoms. The van der Waals surface area contributed by atoms with Gasteiger partial charge in [0.05, 0.1) is 35.4 Å². The van der Waals surface area contributed by atoms with Crippen molar-refractivity contribution in [1.29, 1.82) is 0 Å². The lowest BCUT2D eigenvalue weighted by Crippen LogP contribution is -2.47. The smallest absolute Gasteiger partial charge is 0.457 e. The Labute approximate surface area is 353 Å². The van der Waals surface area contributed by atoms with Crippen LogP contribution >= 0.6 is 0 Å². The maximum Gasteiger partial charge on any atom is 0.510 e. The Balaban J connectivity index is 0.833. The number of anilines is 1. The fourth-order valence-electron chi connectivity index (χ4n) is 8.50. The molecule has 9 rings (SSSR count). The number of pyridine rings is 2. The number of nitrogens with two attached hydrogens (primary N) is 1. The molecule has 0 saturated carbocycles. The average Bonchev–Trinajstić information content (AvgIpc) is 3.80. The van der Waals surface area contributed by atoms with E-state index in [0.717, 1.165) is 38.7 Å². The van der Waals surface area contributed by atoms with Gasteiger partial charge in [0.2, 0.25) is 17.4 Å². The molecular weight excluding hydrogens is 795 g/mol. The maximum absolute atomic E-state index is 13.8. The van der Waals surface area contributed by atoms with Crippen LogP contribution < -0.4 is 21.9 Å². The Bertz CT molecular complexity index is 2850. The lowest BCUT2D eigenvalue weighted by Gasteiger charge is -2.35. The van der Waals surface area contributed by atoms with E-state index in [0.29, 0.717) is 29.2 Å². The Morgan fingerprint density at radius 3 is 2.31 bits per heavy atom. The highest BCUT2D eigenvalue weighted by Gasteiger charge is 2.51. The molecule has 3 amide bonds. The average molecular weight is 834 g/mol. The van der Waals surface area contributed by atoms with Crippen LogP contribution in [-0.4, -0.2) is 52.2 Å². The molecule has 0 radical (unpaired) electrons. The molecule has 4 heterocycles. The number of benzene rings is 4. The van der Waals surface area contributed by atoms with E-state index in [9.17, 15) is 28.8 Å². The van der Waals surface area contributed by atoms with Crippen molar-refractivity contribution in [3.8, 4) is 22.5 Å². The fourth-order valence-corrected chi connectivity index (χ4v) is 8.50. The summed E-state index contributed by atoms with van der Waals surface area (Å²) < 4.78 is 23.8. The van der Waals surface area contributed by atoms with E-state index in [-0.39, 0.29) is 48.8 Å². The summed E-state index contributed by atoms with van der Waals surface area (Å²) in [6, 6.07) is 31.9. The first kappa shape index (κ1) is 39.6. The monoisotopic (exact) mass is 833 g/mol. The van der Waals surface area contributed by atoms with Crippen molar-refractivity contribution in [1.82, 2.24) is 14.9 Å². The highest BCUT2D eigenvalue weighted by atomic mass is 16.7. The molecule has 1 aliphatic carbocycles. The Morgan fingerprint density at radius 1 is 0.903 bits per heavy atom. The molecule has 0 unspecified atom stereocenters. The molecule has 0 fully saturated rings. The first-order valence-corrected chi connectivity index (χ1v) is 20.0. The number of ether oxygens (including phenoxy) is 4. The number of para-hydroxylation sites is 1. The third-order valence-corrected chi connectivity index (χ3v) is 11.6. The fraction of sp³-hybridized carbons (Fsp3) is 0.213. The second-order valence-corrected chi connectivity index (χ2v) is 15.3. The van der Waals surface area contributed by atoms with Crippen LogP contribution in [0.3, 0.4) is 0 Å². The standard InChI is InChI=1S/C47H39N5O10/c1-2-47(36-20-39-41-28(19-27-9-3-8-14-37(27)50-41)22-52(39)43(55)35(36)25-59-44(47)56)62-46(58)61-23-26-15-17-29(18-16-26)49-42(54)38(21-40(48)53)51-45(57)60-24-34-32-12-6-4-10-30(32)31-11-5-7-13-33(31)34/h3-20,34,38H,2,21-25H2,1H3,(H2,48,53)(H,49,54)(H,51,57)/t38-,47+/m1/s1. The Morgan fingerprint density at radius 2 is 1.60 bits per heavy atom. The Hall–Kier alpha value is -7.81. The number of amides is 3. The predicted octanol–water partition coefficient (Wildman–Crippen LogP) is 6.16. The van der Waals surface area contributed by atoms with Crippen molar-refractivity contribution in [3.05, 3.63) is 153 Å². The van der Waals surface area contributed by atoms with Gasteiger partial charge in [-0.3, -0.25) is 14.4 Å². The molecule has 4 N–H and O–H groups in total. The van der Waals surface area contributed by atoms with Gasteiger partial charge >= 0.3 is 18.2 Å². The van der Waals surface area contributed by atoms with Crippen LogP contribution in [-0.2, 0) is 58.7 Å². The summed E-state index contributed by atoms with van der Waals surface area (Å²) in [6.45, 7) is 1.38. The number of carbonyl (C=O) groups is 5. The zero-order chi connectivity index (χ0) is 43.1. The zero-order valence-corrected chi connectivity index (χ0v) is 33.3. The molecule has 0 spiro atoms. The number of fused-ring (bicyclic) bond motifs is 8. The summed E-state index contributed by atoms with van der Waals surface area (Å²) >= 11 is 0. The molecule has 62 heavy (non-hydrogen) atoms. The minimum atomic E-state index is -1.96. The highest BCUT2D eigenvalue weighted by Crippen LogP contribution is 2.45. The van der Waals surface area contributed by atoms with Crippen molar-refractivity contribution in [2.24, 2.45) is 5.73 Å².